The molecule has 0 aliphatic heterocycles. The summed E-state index contributed by atoms with van der Waals surface area (Å²) in [6.07, 6.45) is -3.87. The first kappa shape index (κ1) is 23.4. The fraction of sp³-hybridized carbons (Fsp3) is 0.214. The zero-order valence-corrected chi connectivity index (χ0v) is 18.5. The lowest BCUT2D eigenvalue weighted by atomic mass is 10.0. The average molecular weight is 461 g/mol. The van der Waals surface area contributed by atoms with Gasteiger partial charge in [-0.05, 0) is 35.4 Å². The van der Waals surface area contributed by atoms with Crippen molar-refractivity contribution in [2.45, 2.75) is 25.0 Å². The minimum Gasteiger partial charge on any atom is -0.461 e. The smallest absolute Gasteiger partial charge is 0.338 e. The summed E-state index contributed by atoms with van der Waals surface area (Å²) in [5.41, 5.74) is 1.93. The van der Waals surface area contributed by atoms with E-state index in [1.54, 1.807) is 60.7 Å². The molecule has 0 unspecified atom stereocenters. The molecule has 1 fully saturated rings. The summed E-state index contributed by atoms with van der Waals surface area (Å²) < 4.78 is 32.4. The van der Waals surface area contributed by atoms with Gasteiger partial charge >= 0.3 is 11.9 Å². The van der Waals surface area contributed by atoms with Crippen LogP contribution in [0, 0.1) is 5.92 Å². The Labute approximate surface area is 197 Å². The van der Waals surface area contributed by atoms with Crippen LogP contribution in [0.1, 0.15) is 26.3 Å². The quantitative estimate of drug-likeness (QED) is 0.343. The number of ether oxygens (including phenoxy) is 3. The molecule has 6 heteroatoms. The van der Waals surface area contributed by atoms with Crippen molar-refractivity contribution in [2.75, 3.05) is 6.61 Å². The molecule has 0 saturated heterocycles. The summed E-state index contributed by atoms with van der Waals surface area (Å²) in [5.74, 6) is -1.97. The zero-order valence-electron chi connectivity index (χ0n) is 18.5. The highest BCUT2D eigenvalue weighted by molar-refractivity contribution is 5.90. The number of esters is 2. The van der Waals surface area contributed by atoms with E-state index in [4.69, 9.17) is 14.2 Å². The molecule has 34 heavy (non-hydrogen) atoms. The first-order valence-electron chi connectivity index (χ1n) is 11.0. The van der Waals surface area contributed by atoms with Gasteiger partial charge in [0.15, 0.2) is 6.17 Å². The predicted octanol–water partition coefficient (Wildman–Crippen LogP) is 5.18. The molecular weight excluding hydrogens is 435 g/mol. The Bertz CT molecular complexity index is 1120. The normalized spacial score (nSPS) is 21.7. The van der Waals surface area contributed by atoms with Gasteiger partial charge in [-0.1, -0.05) is 73.3 Å². The van der Waals surface area contributed by atoms with E-state index in [9.17, 15) is 9.59 Å². The fourth-order valence-electron chi connectivity index (χ4n) is 3.92. The van der Waals surface area contributed by atoms with Crippen LogP contribution in [-0.4, -0.2) is 36.9 Å². The van der Waals surface area contributed by atoms with Crippen LogP contribution < -0.4 is 0 Å². The molecule has 0 amide bonds. The number of hydrogen-bond donors (Lipinski definition) is 0. The van der Waals surface area contributed by atoms with Crippen LogP contribution in [0.5, 0.6) is 0 Å². The van der Waals surface area contributed by atoms with Crippen LogP contribution in [0.3, 0.4) is 0 Å². The lowest BCUT2D eigenvalue weighted by molar-refractivity contribution is -0.0375. The Balaban J connectivity index is 1.50. The Morgan fingerprint density at radius 2 is 1.32 bits per heavy atom. The summed E-state index contributed by atoms with van der Waals surface area (Å²) in [5, 5.41) is 0. The van der Waals surface area contributed by atoms with E-state index in [1.165, 1.54) is 0 Å². The summed E-state index contributed by atoms with van der Waals surface area (Å²) >= 11 is 0. The third-order valence-corrected chi connectivity index (χ3v) is 5.77. The second-order valence-corrected chi connectivity index (χ2v) is 8.04. The maximum Gasteiger partial charge on any atom is 0.338 e. The third kappa shape index (κ3) is 5.41. The van der Waals surface area contributed by atoms with Crippen LogP contribution in [0.25, 0.3) is 0 Å². The van der Waals surface area contributed by atoms with Gasteiger partial charge in [-0.15, -0.1) is 0 Å². The van der Waals surface area contributed by atoms with Crippen LogP contribution >= 0.6 is 0 Å². The van der Waals surface area contributed by atoms with Gasteiger partial charge in [-0.25, -0.2) is 14.0 Å². The van der Waals surface area contributed by atoms with E-state index in [1.807, 2.05) is 30.3 Å². The van der Waals surface area contributed by atoms with E-state index >= 15 is 4.39 Å². The molecule has 5 nitrogen and oxygen atoms in total. The van der Waals surface area contributed by atoms with Crippen LogP contribution in [0.15, 0.2) is 103 Å². The van der Waals surface area contributed by atoms with Crippen molar-refractivity contribution in [1.29, 1.82) is 0 Å². The first-order chi connectivity index (χ1) is 16.5. The van der Waals surface area contributed by atoms with Crippen LogP contribution in [0.4, 0.5) is 4.39 Å². The highest BCUT2D eigenvalue weighted by Crippen LogP contribution is 2.38. The fourth-order valence-corrected chi connectivity index (χ4v) is 3.92. The summed E-state index contributed by atoms with van der Waals surface area (Å²) in [4.78, 5) is 25.1. The van der Waals surface area contributed by atoms with E-state index < -0.39 is 36.2 Å². The molecule has 174 valence electrons. The second-order valence-electron chi connectivity index (χ2n) is 8.04. The Morgan fingerprint density at radius 3 is 1.91 bits per heavy atom. The van der Waals surface area contributed by atoms with Crippen molar-refractivity contribution >= 4 is 11.9 Å². The number of alkyl halides is 1. The van der Waals surface area contributed by atoms with Gasteiger partial charge in [0, 0.05) is 0 Å². The lowest BCUT2D eigenvalue weighted by Gasteiger charge is -2.21. The van der Waals surface area contributed by atoms with Crippen molar-refractivity contribution in [1.82, 2.24) is 0 Å². The SMILES string of the molecule is C=C1[C@@H](OCc2ccccc2)[C@H](F)[C@H](OC(=O)c2ccccc2)[C@H]1COC(=O)c1ccccc1. The van der Waals surface area contributed by atoms with E-state index in [-0.39, 0.29) is 13.2 Å². The molecule has 1 saturated carbocycles. The Hall–Kier alpha value is -3.77. The Morgan fingerprint density at radius 1 is 0.794 bits per heavy atom. The summed E-state index contributed by atoms with van der Waals surface area (Å²) in [6, 6.07) is 26.2. The molecule has 0 spiro atoms. The molecule has 0 N–H and O–H groups in total. The van der Waals surface area contributed by atoms with Gasteiger partial charge in [-0.2, -0.15) is 0 Å². The number of carbonyl (C=O) groups excluding carboxylic acids is 2. The van der Waals surface area contributed by atoms with Gasteiger partial charge in [0.05, 0.1) is 23.7 Å². The van der Waals surface area contributed by atoms with E-state index in [2.05, 4.69) is 6.58 Å². The number of carbonyl (C=O) groups is 2. The van der Waals surface area contributed by atoms with Gasteiger partial charge in [0.2, 0.25) is 0 Å². The van der Waals surface area contributed by atoms with Crippen molar-refractivity contribution in [3.8, 4) is 0 Å². The summed E-state index contributed by atoms with van der Waals surface area (Å²) in [7, 11) is 0. The monoisotopic (exact) mass is 460 g/mol. The molecule has 4 atom stereocenters. The molecular formula is C28H25FO5. The highest BCUT2D eigenvalue weighted by Gasteiger charge is 2.50. The van der Waals surface area contributed by atoms with Gasteiger partial charge < -0.3 is 14.2 Å². The standard InChI is InChI=1S/C28H25FO5/c1-19-23(18-33-27(30)21-13-7-3-8-14-21)26(34-28(31)22-15-9-4-10-16-22)24(29)25(19)32-17-20-11-5-2-6-12-20/h2-16,23-26H,1,17-18H2/t23-,24-,25+,26+/m0/s1. The van der Waals surface area contributed by atoms with Crippen LogP contribution in [-0.2, 0) is 20.8 Å². The predicted molar refractivity (Wildman–Crippen MR) is 125 cm³/mol. The lowest BCUT2D eigenvalue weighted by Crippen LogP contribution is -2.34. The Kier molecular flexibility index (Phi) is 7.50. The van der Waals surface area contributed by atoms with E-state index in [0.717, 1.165) is 5.56 Å². The molecule has 4 rings (SSSR count). The van der Waals surface area contributed by atoms with Gasteiger partial charge in [-0.3, -0.25) is 0 Å². The maximum atomic E-state index is 15.6. The molecule has 0 radical (unpaired) electrons. The number of hydrogen-bond acceptors (Lipinski definition) is 5. The van der Waals surface area contributed by atoms with Crippen molar-refractivity contribution in [3.63, 3.8) is 0 Å². The molecule has 0 heterocycles. The number of halogens is 1. The minimum absolute atomic E-state index is 0.167. The summed E-state index contributed by atoms with van der Waals surface area (Å²) in [6.45, 7) is 3.99. The molecule has 3 aromatic rings. The molecule has 1 aliphatic carbocycles. The van der Waals surface area contributed by atoms with E-state index in [0.29, 0.717) is 16.7 Å². The molecule has 0 aromatic heterocycles. The largest absolute Gasteiger partial charge is 0.461 e. The number of benzene rings is 3. The molecule has 0 bridgehead atoms. The third-order valence-electron chi connectivity index (χ3n) is 5.77. The van der Waals surface area contributed by atoms with Crippen molar-refractivity contribution in [3.05, 3.63) is 120 Å². The maximum absolute atomic E-state index is 15.6. The van der Waals surface area contributed by atoms with Crippen LogP contribution in [0.2, 0.25) is 0 Å². The second kappa shape index (κ2) is 10.9. The molecule has 3 aromatic carbocycles. The number of rotatable bonds is 8. The zero-order chi connectivity index (χ0) is 23.9. The minimum atomic E-state index is -1.66. The van der Waals surface area contributed by atoms with Crippen molar-refractivity contribution < 1.29 is 28.2 Å². The average Bonchev–Trinajstić information content (AvgIpc) is 3.10. The topological polar surface area (TPSA) is 61.8 Å². The van der Waals surface area contributed by atoms with Gasteiger partial charge in [0.1, 0.15) is 18.8 Å². The highest BCUT2D eigenvalue weighted by atomic mass is 19.1. The van der Waals surface area contributed by atoms with Gasteiger partial charge in [0.25, 0.3) is 0 Å². The van der Waals surface area contributed by atoms with Crippen molar-refractivity contribution in [2.24, 2.45) is 5.92 Å². The molecule has 1 aliphatic rings. The first-order valence-corrected chi connectivity index (χ1v) is 11.0.